The van der Waals surface area contributed by atoms with E-state index < -0.39 is 11.4 Å². The van der Waals surface area contributed by atoms with Gasteiger partial charge in [0.05, 0.1) is 5.02 Å². The molecule has 0 radical (unpaired) electrons. The van der Waals surface area contributed by atoms with Crippen LogP contribution in [0.25, 0.3) is 0 Å². The number of phenolic OH excluding ortho intramolecular Hbond substituents is 1. The van der Waals surface area contributed by atoms with E-state index in [1.54, 1.807) is 0 Å². The average molecular weight is 279 g/mol. The molecule has 0 aliphatic heterocycles. The van der Waals surface area contributed by atoms with E-state index in [0.29, 0.717) is 5.57 Å². The standard InChI is InChI=1S/C15H15ClO3/c1-4-5-10(2)9-15(19,11(3)17)13-7-6-12(18)8-14(13)16/h5-8,18-19H,1-2,9H2,3H3. The molecule has 0 fully saturated rings. The predicted octanol–water partition coefficient (Wildman–Crippen LogP) is 3.11. The number of benzene rings is 1. The second kappa shape index (κ2) is 5.89. The number of aliphatic hydroxyl groups is 1. The number of halogens is 1. The van der Waals surface area contributed by atoms with Gasteiger partial charge in [0.2, 0.25) is 0 Å². The van der Waals surface area contributed by atoms with E-state index in [1.807, 2.05) is 0 Å². The van der Waals surface area contributed by atoms with Crippen molar-refractivity contribution in [3.05, 3.63) is 59.3 Å². The summed E-state index contributed by atoms with van der Waals surface area (Å²) in [6.07, 6.45) is 1.47. The molecule has 19 heavy (non-hydrogen) atoms. The monoisotopic (exact) mass is 278 g/mol. The first-order valence-corrected chi connectivity index (χ1v) is 5.95. The van der Waals surface area contributed by atoms with Gasteiger partial charge >= 0.3 is 0 Å². The van der Waals surface area contributed by atoms with E-state index in [1.165, 1.54) is 31.2 Å². The topological polar surface area (TPSA) is 57.5 Å². The fraction of sp³-hybridized carbons (Fsp3) is 0.200. The number of aromatic hydroxyl groups is 1. The second-order valence-corrected chi connectivity index (χ2v) is 4.67. The fourth-order valence-corrected chi connectivity index (χ4v) is 2.10. The maximum absolute atomic E-state index is 11.8. The van der Waals surface area contributed by atoms with Crippen LogP contribution in [0.15, 0.2) is 48.7 Å². The molecule has 0 aliphatic rings. The first-order chi connectivity index (χ1) is 8.81. The van der Waals surface area contributed by atoms with Gasteiger partial charge in [0.25, 0.3) is 0 Å². The lowest BCUT2D eigenvalue weighted by Gasteiger charge is -2.27. The van der Waals surface area contributed by atoms with Crippen molar-refractivity contribution < 1.29 is 15.0 Å². The first kappa shape index (κ1) is 15.3. The van der Waals surface area contributed by atoms with Crippen molar-refractivity contribution in [2.45, 2.75) is 18.9 Å². The normalized spacial score (nSPS) is 13.2. The van der Waals surface area contributed by atoms with Crippen LogP contribution in [0.2, 0.25) is 5.02 Å². The van der Waals surface area contributed by atoms with E-state index in [9.17, 15) is 15.0 Å². The van der Waals surface area contributed by atoms with E-state index in [0.717, 1.165) is 0 Å². The summed E-state index contributed by atoms with van der Waals surface area (Å²) in [5.74, 6) is -0.497. The number of hydrogen-bond acceptors (Lipinski definition) is 3. The van der Waals surface area contributed by atoms with Crippen LogP contribution in [0, 0.1) is 0 Å². The van der Waals surface area contributed by atoms with Gasteiger partial charge in [-0.3, -0.25) is 4.79 Å². The zero-order valence-electron chi connectivity index (χ0n) is 10.6. The molecule has 1 rings (SSSR count). The Bertz CT molecular complexity index is 571. The van der Waals surface area contributed by atoms with Crippen molar-refractivity contribution in [1.82, 2.24) is 0 Å². The highest BCUT2D eigenvalue weighted by Crippen LogP contribution is 2.35. The number of ketones is 1. The number of phenols is 1. The lowest BCUT2D eigenvalue weighted by molar-refractivity contribution is -0.135. The molecule has 4 heteroatoms. The third-order valence-electron chi connectivity index (χ3n) is 2.77. The summed E-state index contributed by atoms with van der Waals surface area (Å²) in [6.45, 7) is 8.40. The van der Waals surface area contributed by atoms with Crippen molar-refractivity contribution in [3.8, 4) is 5.75 Å². The van der Waals surface area contributed by atoms with Gasteiger partial charge in [-0.2, -0.15) is 0 Å². The van der Waals surface area contributed by atoms with Gasteiger partial charge in [0, 0.05) is 12.0 Å². The van der Waals surface area contributed by atoms with Gasteiger partial charge in [0.15, 0.2) is 11.4 Å². The fourth-order valence-electron chi connectivity index (χ4n) is 1.77. The SMILES string of the molecule is C=C=CC(=C)CC(O)(C(C)=O)c1ccc(O)cc1Cl. The molecule has 3 nitrogen and oxygen atoms in total. The molecule has 0 saturated heterocycles. The first-order valence-electron chi connectivity index (χ1n) is 5.57. The van der Waals surface area contributed by atoms with E-state index in [4.69, 9.17) is 11.6 Å². The number of Topliss-reactive ketones (excluding diaryl/α,β-unsaturated/α-hetero) is 1. The van der Waals surface area contributed by atoms with Crippen molar-refractivity contribution in [1.29, 1.82) is 0 Å². The number of carbonyl (C=O) groups excluding carboxylic acids is 1. The highest BCUT2D eigenvalue weighted by Gasteiger charge is 2.36. The molecule has 1 atom stereocenters. The van der Waals surface area contributed by atoms with Crippen LogP contribution in [-0.4, -0.2) is 16.0 Å². The summed E-state index contributed by atoms with van der Waals surface area (Å²) >= 11 is 5.98. The Morgan fingerprint density at radius 2 is 2.21 bits per heavy atom. The smallest absolute Gasteiger partial charge is 0.166 e. The van der Waals surface area contributed by atoms with Gasteiger partial charge < -0.3 is 10.2 Å². The summed E-state index contributed by atoms with van der Waals surface area (Å²) in [5.41, 5.74) is 1.48. The number of carbonyl (C=O) groups is 1. The molecule has 0 aromatic heterocycles. The van der Waals surface area contributed by atoms with Crippen LogP contribution in [0.3, 0.4) is 0 Å². The van der Waals surface area contributed by atoms with Crippen molar-refractivity contribution in [2.24, 2.45) is 0 Å². The molecule has 0 aliphatic carbocycles. The Kier molecular flexibility index (Phi) is 4.73. The highest BCUT2D eigenvalue weighted by molar-refractivity contribution is 6.31. The zero-order chi connectivity index (χ0) is 14.6. The second-order valence-electron chi connectivity index (χ2n) is 4.26. The van der Waals surface area contributed by atoms with E-state index in [-0.39, 0.29) is 22.8 Å². The van der Waals surface area contributed by atoms with Crippen molar-refractivity contribution in [2.75, 3.05) is 0 Å². The summed E-state index contributed by atoms with van der Waals surface area (Å²) in [5, 5.41) is 20.0. The molecule has 0 saturated carbocycles. The van der Waals surface area contributed by atoms with Crippen LogP contribution in [0.1, 0.15) is 18.9 Å². The predicted molar refractivity (Wildman–Crippen MR) is 75.2 cm³/mol. The minimum Gasteiger partial charge on any atom is -0.508 e. The molecule has 100 valence electrons. The number of hydrogen-bond donors (Lipinski definition) is 2. The Morgan fingerprint density at radius 3 is 2.68 bits per heavy atom. The van der Waals surface area contributed by atoms with Crippen LogP contribution in [-0.2, 0) is 10.4 Å². The van der Waals surface area contributed by atoms with E-state index in [2.05, 4.69) is 18.9 Å². The summed E-state index contributed by atoms with van der Waals surface area (Å²) in [6, 6.07) is 4.06. The number of allylic oxidation sites excluding steroid dienone is 1. The molecule has 1 unspecified atom stereocenters. The van der Waals surface area contributed by atoms with Crippen LogP contribution >= 0.6 is 11.6 Å². The summed E-state index contributed by atoms with van der Waals surface area (Å²) in [4.78, 5) is 11.8. The Balaban J connectivity index is 3.29. The van der Waals surface area contributed by atoms with Gasteiger partial charge in [0.1, 0.15) is 5.75 Å². The zero-order valence-corrected chi connectivity index (χ0v) is 11.4. The minimum atomic E-state index is -1.78. The molecular formula is C15H15ClO3. The molecule has 2 N–H and O–H groups in total. The third kappa shape index (κ3) is 3.36. The van der Waals surface area contributed by atoms with Crippen molar-refractivity contribution in [3.63, 3.8) is 0 Å². The molecule has 0 spiro atoms. The quantitative estimate of drug-likeness (QED) is 0.643. The Labute approximate surface area is 117 Å². The molecule has 0 bridgehead atoms. The lowest BCUT2D eigenvalue weighted by atomic mass is 9.84. The molecule has 0 amide bonds. The van der Waals surface area contributed by atoms with Crippen molar-refractivity contribution >= 4 is 17.4 Å². The minimum absolute atomic E-state index is 0.0185. The van der Waals surface area contributed by atoms with Crippen LogP contribution in [0.5, 0.6) is 5.75 Å². The largest absolute Gasteiger partial charge is 0.508 e. The van der Waals surface area contributed by atoms with Gasteiger partial charge in [-0.15, -0.1) is 5.73 Å². The maximum Gasteiger partial charge on any atom is 0.166 e. The third-order valence-corrected chi connectivity index (χ3v) is 3.08. The van der Waals surface area contributed by atoms with Gasteiger partial charge in [-0.05, 0) is 30.7 Å². The molecule has 1 aromatic rings. The molecule has 0 heterocycles. The average Bonchev–Trinajstić information content (AvgIpc) is 2.28. The van der Waals surface area contributed by atoms with Gasteiger partial charge in [-0.25, -0.2) is 0 Å². The van der Waals surface area contributed by atoms with E-state index >= 15 is 0 Å². The van der Waals surface area contributed by atoms with Crippen LogP contribution < -0.4 is 0 Å². The summed E-state index contributed by atoms with van der Waals surface area (Å²) in [7, 11) is 0. The highest BCUT2D eigenvalue weighted by atomic mass is 35.5. The number of rotatable bonds is 5. The lowest BCUT2D eigenvalue weighted by Crippen LogP contribution is -2.34. The van der Waals surface area contributed by atoms with Crippen LogP contribution in [0.4, 0.5) is 0 Å². The maximum atomic E-state index is 11.8. The Hall–Kier alpha value is -1.80. The molecular weight excluding hydrogens is 264 g/mol. The Morgan fingerprint density at radius 1 is 1.58 bits per heavy atom. The summed E-state index contributed by atoms with van der Waals surface area (Å²) < 4.78 is 0. The molecule has 1 aromatic carbocycles. The van der Waals surface area contributed by atoms with Gasteiger partial charge in [-0.1, -0.05) is 30.8 Å².